The average molecular weight is 843 g/mol. The molecule has 0 spiro atoms. The number of esters is 2. The fourth-order valence-corrected chi connectivity index (χ4v) is 7.43. The zero-order chi connectivity index (χ0) is 42.8. The Kier molecular flexibility index (Phi) is 39.8. The topological polar surface area (TPSA) is 108 Å². The van der Waals surface area contributed by atoms with Gasteiger partial charge in [0.2, 0.25) is 0 Å². The Bertz CT molecular complexity index is 1040. The van der Waals surface area contributed by atoms with E-state index in [0.717, 1.165) is 57.8 Å². The molecule has 1 unspecified atom stereocenters. The summed E-state index contributed by atoms with van der Waals surface area (Å²) in [6.45, 7) is 4.41. The van der Waals surface area contributed by atoms with Crippen molar-refractivity contribution in [1.29, 1.82) is 0 Å². The smallest absolute Gasteiger partial charge is 0.462 e. The van der Waals surface area contributed by atoms with Gasteiger partial charge in [-0.1, -0.05) is 186 Å². The molecule has 10 heteroatoms. The lowest BCUT2D eigenvalue weighted by Crippen LogP contribution is -2.37. The van der Waals surface area contributed by atoms with Crippen molar-refractivity contribution in [3.63, 3.8) is 0 Å². The Morgan fingerprint density at radius 1 is 0.534 bits per heavy atom. The molecule has 2 atom stereocenters. The SMILES string of the molecule is CCCCC/C=C/C/C=C/CCCCCCCC(=O)OC[C@H](COP(=O)(O)OCC[N+](C)(C)C)OC(=O)CCCCCCCCCCCCCCCCCCCCC. The van der Waals surface area contributed by atoms with E-state index in [1.807, 2.05) is 21.1 Å². The van der Waals surface area contributed by atoms with Crippen LogP contribution in [0.5, 0.6) is 0 Å². The lowest BCUT2D eigenvalue weighted by Gasteiger charge is -2.24. The van der Waals surface area contributed by atoms with E-state index in [1.165, 1.54) is 128 Å². The first kappa shape index (κ1) is 56.5. The van der Waals surface area contributed by atoms with Gasteiger partial charge in [0.1, 0.15) is 19.8 Å². The lowest BCUT2D eigenvalue weighted by molar-refractivity contribution is -0.870. The minimum atomic E-state index is -4.38. The molecule has 0 aliphatic heterocycles. The third kappa shape index (κ3) is 44.1. The fourth-order valence-electron chi connectivity index (χ4n) is 6.69. The van der Waals surface area contributed by atoms with Gasteiger partial charge in [-0.15, -0.1) is 0 Å². The quantitative estimate of drug-likeness (QED) is 0.0212. The molecule has 0 heterocycles. The second-order valence-electron chi connectivity index (χ2n) is 17.5. The number of hydrogen-bond donors (Lipinski definition) is 1. The van der Waals surface area contributed by atoms with E-state index in [0.29, 0.717) is 17.4 Å². The molecule has 0 rings (SSSR count). The predicted molar refractivity (Wildman–Crippen MR) is 243 cm³/mol. The number of likely N-dealkylation sites (N-methyl/N-ethyl adjacent to an activating group) is 1. The van der Waals surface area contributed by atoms with Gasteiger partial charge in [-0.05, 0) is 44.9 Å². The van der Waals surface area contributed by atoms with Crippen molar-refractivity contribution in [1.82, 2.24) is 0 Å². The second-order valence-corrected chi connectivity index (χ2v) is 19.0. The zero-order valence-corrected chi connectivity index (χ0v) is 39.4. The number of unbranched alkanes of at least 4 members (excludes halogenated alkanes) is 26. The van der Waals surface area contributed by atoms with Crippen LogP contribution in [-0.4, -0.2) is 74.9 Å². The third-order valence-electron chi connectivity index (χ3n) is 10.5. The van der Waals surface area contributed by atoms with E-state index in [4.69, 9.17) is 18.5 Å². The van der Waals surface area contributed by atoms with Crippen molar-refractivity contribution in [2.24, 2.45) is 0 Å². The van der Waals surface area contributed by atoms with Gasteiger partial charge in [-0.25, -0.2) is 4.57 Å². The summed E-state index contributed by atoms with van der Waals surface area (Å²) >= 11 is 0. The number of hydrogen-bond acceptors (Lipinski definition) is 7. The van der Waals surface area contributed by atoms with Crippen LogP contribution in [0.2, 0.25) is 0 Å². The van der Waals surface area contributed by atoms with Crippen LogP contribution < -0.4 is 0 Å². The number of ether oxygens (including phenoxy) is 2. The van der Waals surface area contributed by atoms with Crippen LogP contribution in [0.15, 0.2) is 24.3 Å². The Hall–Kier alpha value is -1.51. The molecule has 0 bridgehead atoms. The number of phosphoric acid groups is 1. The number of quaternary nitrogens is 1. The molecule has 0 saturated heterocycles. The summed E-state index contributed by atoms with van der Waals surface area (Å²) in [5, 5.41) is 0. The molecule has 342 valence electrons. The molecule has 0 aromatic rings. The highest BCUT2D eigenvalue weighted by atomic mass is 31.2. The predicted octanol–water partition coefficient (Wildman–Crippen LogP) is 13.9. The van der Waals surface area contributed by atoms with Gasteiger partial charge in [0, 0.05) is 12.8 Å². The number of nitrogens with zero attached hydrogens (tertiary/aromatic N) is 1. The first-order valence-corrected chi connectivity index (χ1v) is 25.6. The summed E-state index contributed by atoms with van der Waals surface area (Å²) in [5.41, 5.74) is 0. The molecule has 1 N–H and O–H groups in total. The van der Waals surface area contributed by atoms with E-state index in [1.54, 1.807) is 0 Å². The summed E-state index contributed by atoms with van der Waals surface area (Å²) in [6.07, 6.45) is 45.1. The molecule has 0 aromatic carbocycles. The monoisotopic (exact) mass is 843 g/mol. The number of rotatable bonds is 44. The highest BCUT2D eigenvalue weighted by Crippen LogP contribution is 2.43. The van der Waals surface area contributed by atoms with Crippen molar-refractivity contribution >= 4 is 19.8 Å². The normalized spacial score (nSPS) is 13.7. The Morgan fingerprint density at radius 3 is 1.40 bits per heavy atom. The molecule has 0 aromatic heterocycles. The number of phosphoric ester groups is 1. The van der Waals surface area contributed by atoms with E-state index in [2.05, 4.69) is 38.2 Å². The van der Waals surface area contributed by atoms with Crippen molar-refractivity contribution in [3.8, 4) is 0 Å². The highest BCUT2D eigenvalue weighted by molar-refractivity contribution is 7.47. The van der Waals surface area contributed by atoms with Crippen molar-refractivity contribution < 1.29 is 42.1 Å². The van der Waals surface area contributed by atoms with Gasteiger partial charge >= 0.3 is 19.8 Å². The van der Waals surface area contributed by atoms with Crippen molar-refractivity contribution in [3.05, 3.63) is 24.3 Å². The largest absolute Gasteiger partial charge is 0.472 e. The Labute approximate surface area is 358 Å². The molecule has 58 heavy (non-hydrogen) atoms. The van der Waals surface area contributed by atoms with Crippen LogP contribution >= 0.6 is 7.82 Å². The van der Waals surface area contributed by atoms with Crippen LogP contribution in [0.4, 0.5) is 0 Å². The van der Waals surface area contributed by atoms with Gasteiger partial charge in [0.25, 0.3) is 0 Å². The van der Waals surface area contributed by atoms with E-state index < -0.39 is 26.5 Å². The summed E-state index contributed by atoms with van der Waals surface area (Å²) in [7, 11) is 1.48. The summed E-state index contributed by atoms with van der Waals surface area (Å²) < 4.78 is 34.4. The minimum Gasteiger partial charge on any atom is -0.462 e. The molecule has 0 saturated carbocycles. The summed E-state index contributed by atoms with van der Waals surface area (Å²) in [6, 6.07) is 0. The highest BCUT2D eigenvalue weighted by Gasteiger charge is 2.27. The van der Waals surface area contributed by atoms with Crippen molar-refractivity contribution in [2.75, 3.05) is 47.5 Å². The lowest BCUT2D eigenvalue weighted by atomic mass is 10.0. The fraction of sp³-hybridized carbons (Fsp3) is 0.875. The molecule has 0 radical (unpaired) electrons. The molecule has 0 aliphatic rings. The van der Waals surface area contributed by atoms with Gasteiger partial charge in [-0.2, -0.15) is 0 Å². The first-order chi connectivity index (χ1) is 28.0. The maximum Gasteiger partial charge on any atom is 0.472 e. The second kappa shape index (κ2) is 40.9. The molecule has 9 nitrogen and oxygen atoms in total. The molecule has 0 amide bonds. The van der Waals surface area contributed by atoms with Gasteiger partial charge in [0.15, 0.2) is 6.10 Å². The van der Waals surface area contributed by atoms with E-state index in [-0.39, 0.29) is 32.0 Å². The van der Waals surface area contributed by atoms with Crippen LogP contribution in [-0.2, 0) is 32.7 Å². The zero-order valence-electron chi connectivity index (χ0n) is 38.5. The van der Waals surface area contributed by atoms with Crippen LogP contribution in [0.1, 0.15) is 219 Å². The summed E-state index contributed by atoms with van der Waals surface area (Å²) in [5.74, 6) is -0.805. The molecular formula is C48H93NO8P+. The number of carbonyl (C=O) groups is 2. The van der Waals surface area contributed by atoms with Crippen LogP contribution in [0.25, 0.3) is 0 Å². The number of carbonyl (C=O) groups excluding carboxylic acids is 2. The van der Waals surface area contributed by atoms with E-state index >= 15 is 0 Å². The maximum absolute atomic E-state index is 12.7. The van der Waals surface area contributed by atoms with Crippen LogP contribution in [0, 0.1) is 0 Å². The molecular weight excluding hydrogens is 750 g/mol. The first-order valence-electron chi connectivity index (χ1n) is 24.1. The van der Waals surface area contributed by atoms with Crippen LogP contribution in [0.3, 0.4) is 0 Å². The number of allylic oxidation sites excluding steroid dienone is 4. The average Bonchev–Trinajstić information content (AvgIpc) is 3.17. The van der Waals surface area contributed by atoms with Gasteiger partial charge < -0.3 is 18.9 Å². The Balaban J connectivity index is 4.28. The summed E-state index contributed by atoms with van der Waals surface area (Å²) in [4.78, 5) is 35.4. The van der Waals surface area contributed by atoms with Gasteiger partial charge in [0.05, 0.1) is 27.7 Å². The maximum atomic E-state index is 12.7. The Morgan fingerprint density at radius 2 is 0.931 bits per heavy atom. The molecule has 0 fully saturated rings. The third-order valence-corrected chi connectivity index (χ3v) is 11.5. The minimum absolute atomic E-state index is 0.0314. The van der Waals surface area contributed by atoms with Gasteiger partial charge in [-0.3, -0.25) is 18.6 Å². The standard InChI is InChI=1S/C48H92NO8P/c1-6-8-10-12-14-16-18-20-22-23-24-25-27-29-31-33-35-37-39-41-48(51)57-46(45-56-58(52,53)55-43-42-49(3,4)5)44-54-47(50)40-38-36-34-32-30-28-26-21-19-17-15-13-11-9-7-2/h15,17,21,26,46H,6-14,16,18-20,22-25,27-45H2,1-5H3/p+1/b17-15+,26-21+/t46-/m1/s1. The van der Waals surface area contributed by atoms with E-state index in [9.17, 15) is 19.0 Å². The van der Waals surface area contributed by atoms with Crippen molar-refractivity contribution in [2.45, 2.75) is 225 Å². The molecule has 0 aliphatic carbocycles.